The Bertz CT molecular complexity index is 1300. The summed E-state index contributed by atoms with van der Waals surface area (Å²) in [7, 11) is -2.57. The Morgan fingerprint density at radius 1 is 1.09 bits per heavy atom. The number of rotatable bonds is 9. The van der Waals surface area contributed by atoms with E-state index >= 15 is 0 Å². The standard InChI is InChI=1S/C23H25N5O5S2/c1-15(2)14-33-18-6-4-5-16(13-18)21(29)27-23(34)26-17-7-9-19(10-8-17)35(30,31)28-20-22(32-3)25-12-11-24-20/h4-13,15H,14H2,1-3H3,(H,24,28)(H2,26,27,29,34). The number of nitrogens with zero attached hydrogens (tertiary/aromatic N) is 2. The lowest BCUT2D eigenvalue weighted by molar-refractivity contribution is 0.0977. The molecule has 184 valence electrons. The Hall–Kier alpha value is -3.77. The van der Waals surface area contributed by atoms with E-state index in [0.29, 0.717) is 29.5 Å². The maximum absolute atomic E-state index is 12.7. The van der Waals surface area contributed by atoms with Crippen molar-refractivity contribution in [1.29, 1.82) is 0 Å². The van der Waals surface area contributed by atoms with Gasteiger partial charge in [-0.15, -0.1) is 0 Å². The zero-order valence-electron chi connectivity index (χ0n) is 19.3. The number of benzene rings is 2. The van der Waals surface area contributed by atoms with Gasteiger partial charge in [-0.1, -0.05) is 19.9 Å². The monoisotopic (exact) mass is 515 g/mol. The fourth-order valence-electron chi connectivity index (χ4n) is 2.78. The Balaban J connectivity index is 1.61. The van der Waals surface area contributed by atoms with E-state index in [1.807, 2.05) is 13.8 Å². The minimum atomic E-state index is -3.94. The normalized spacial score (nSPS) is 11.0. The van der Waals surface area contributed by atoms with E-state index in [-0.39, 0.29) is 21.7 Å². The van der Waals surface area contributed by atoms with Crippen LogP contribution in [0.1, 0.15) is 24.2 Å². The second-order valence-electron chi connectivity index (χ2n) is 7.69. The molecule has 0 aliphatic rings. The molecular weight excluding hydrogens is 490 g/mol. The van der Waals surface area contributed by atoms with Crippen LogP contribution in [0, 0.1) is 5.92 Å². The molecule has 0 saturated heterocycles. The van der Waals surface area contributed by atoms with Crippen LogP contribution in [-0.4, -0.2) is 43.1 Å². The predicted molar refractivity (Wildman–Crippen MR) is 136 cm³/mol. The summed E-state index contributed by atoms with van der Waals surface area (Å²) in [6.45, 7) is 4.61. The Morgan fingerprint density at radius 2 is 1.80 bits per heavy atom. The largest absolute Gasteiger partial charge is 0.493 e. The Labute approximate surface area is 209 Å². The highest BCUT2D eigenvalue weighted by Gasteiger charge is 2.18. The highest BCUT2D eigenvalue weighted by Crippen LogP contribution is 2.22. The van der Waals surface area contributed by atoms with E-state index in [2.05, 4.69) is 25.3 Å². The van der Waals surface area contributed by atoms with E-state index < -0.39 is 15.9 Å². The predicted octanol–water partition coefficient (Wildman–Crippen LogP) is 3.45. The highest BCUT2D eigenvalue weighted by molar-refractivity contribution is 7.92. The van der Waals surface area contributed by atoms with Gasteiger partial charge in [-0.25, -0.2) is 18.4 Å². The Kier molecular flexibility index (Phi) is 8.55. The summed E-state index contributed by atoms with van der Waals surface area (Å²) in [6.07, 6.45) is 2.73. The summed E-state index contributed by atoms with van der Waals surface area (Å²) >= 11 is 5.22. The topological polar surface area (TPSA) is 132 Å². The average molecular weight is 516 g/mol. The summed E-state index contributed by atoms with van der Waals surface area (Å²) in [6, 6.07) is 12.6. The van der Waals surface area contributed by atoms with Crippen molar-refractivity contribution in [2.24, 2.45) is 5.92 Å². The summed E-state index contributed by atoms with van der Waals surface area (Å²) < 4.78 is 38.3. The van der Waals surface area contributed by atoms with Gasteiger partial charge < -0.3 is 14.8 Å². The molecule has 12 heteroatoms. The molecule has 0 unspecified atom stereocenters. The van der Waals surface area contributed by atoms with Crippen molar-refractivity contribution in [3.05, 3.63) is 66.5 Å². The van der Waals surface area contributed by atoms with Crippen LogP contribution in [-0.2, 0) is 10.0 Å². The van der Waals surface area contributed by atoms with Crippen molar-refractivity contribution in [3.8, 4) is 11.6 Å². The van der Waals surface area contributed by atoms with Crippen LogP contribution >= 0.6 is 12.2 Å². The molecule has 3 rings (SSSR count). The smallest absolute Gasteiger partial charge is 0.263 e. The molecule has 10 nitrogen and oxygen atoms in total. The SMILES string of the molecule is COc1nccnc1NS(=O)(=O)c1ccc(NC(=S)NC(=O)c2cccc(OCC(C)C)c2)cc1. The number of carbonyl (C=O) groups excluding carboxylic acids is 1. The van der Waals surface area contributed by atoms with Crippen LogP contribution in [0.3, 0.4) is 0 Å². The lowest BCUT2D eigenvalue weighted by Gasteiger charge is -2.12. The lowest BCUT2D eigenvalue weighted by atomic mass is 10.2. The van der Waals surface area contributed by atoms with Gasteiger partial charge in [-0.05, 0) is 60.6 Å². The molecule has 0 saturated carbocycles. The molecular formula is C23H25N5O5S2. The molecule has 3 N–H and O–H groups in total. The van der Waals surface area contributed by atoms with Gasteiger partial charge in [0.1, 0.15) is 5.75 Å². The van der Waals surface area contributed by atoms with Crippen molar-refractivity contribution in [2.75, 3.05) is 23.8 Å². The molecule has 35 heavy (non-hydrogen) atoms. The number of thiocarbonyl (C=S) groups is 1. The van der Waals surface area contributed by atoms with Crippen LogP contribution in [0.25, 0.3) is 0 Å². The molecule has 0 bridgehead atoms. The third-order valence-corrected chi connectivity index (χ3v) is 5.98. The number of methoxy groups -OCH3 is 1. The fourth-order valence-corrected chi connectivity index (χ4v) is 3.99. The molecule has 0 aliphatic carbocycles. The summed E-state index contributed by atoms with van der Waals surface area (Å²) in [5, 5.41) is 5.50. The van der Waals surface area contributed by atoms with Crippen molar-refractivity contribution >= 4 is 44.8 Å². The second-order valence-corrected chi connectivity index (χ2v) is 9.78. The quantitative estimate of drug-likeness (QED) is 0.367. The first-order valence-electron chi connectivity index (χ1n) is 10.5. The zero-order chi connectivity index (χ0) is 25.4. The van der Waals surface area contributed by atoms with Crippen LogP contribution in [0.4, 0.5) is 11.5 Å². The van der Waals surface area contributed by atoms with Gasteiger partial charge in [-0.3, -0.25) is 14.8 Å². The number of aromatic nitrogens is 2. The van der Waals surface area contributed by atoms with Crippen LogP contribution in [0.5, 0.6) is 11.6 Å². The zero-order valence-corrected chi connectivity index (χ0v) is 20.9. The van der Waals surface area contributed by atoms with Crippen molar-refractivity contribution < 1.29 is 22.7 Å². The fraction of sp³-hybridized carbons (Fsp3) is 0.217. The molecule has 1 aromatic heterocycles. The maximum atomic E-state index is 12.7. The molecule has 0 spiro atoms. The Morgan fingerprint density at radius 3 is 2.49 bits per heavy atom. The highest BCUT2D eigenvalue weighted by atomic mass is 32.2. The molecule has 1 amide bonds. The number of amides is 1. The van der Waals surface area contributed by atoms with E-state index in [1.54, 1.807) is 24.3 Å². The van der Waals surface area contributed by atoms with E-state index in [0.717, 1.165) is 0 Å². The van der Waals surface area contributed by atoms with Crippen LogP contribution in [0.15, 0.2) is 65.8 Å². The van der Waals surface area contributed by atoms with E-state index in [9.17, 15) is 13.2 Å². The number of sulfonamides is 1. The molecule has 0 atom stereocenters. The molecule has 3 aromatic rings. The average Bonchev–Trinajstić information content (AvgIpc) is 2.83. The first-order valence-corrected chi connectivity index (χ1v) is 12.4. The number of hydrogen-bond acceptors (Lipinski definition) is 8. The molecule has 1 heterocycles. The van der Waals surface area contributed by atoms with Crippen molar-refractivity contribution in [2.45, 2.75) is 18.7 Å². The number of hydrogen-bond donors (Lipinski definition) is 3. The number of ether oxygens (including phenoxy) is 2. The van der Waals surface area contributed by atoms with Crippen molar-refractivity contribution in [3.63, 3.8) is 0 Å². The van der Waals surface area contributed by atoms with Crippen molar-refractivity contribution in [1.82, 2.24) is 15.3 Å². The number of carbonyl (C=O) groups is 1. The van der Waals surface area contributed by atoms with Gasteiger partial charge in [0.05, 0.1) is 18.6 Å². The molecule has 0 fully saturated rings. The maximum Gasteiger partial charge on any atom is 0.263 e. The minimum Gasteiger partial charge on any atom is -0.493 e. The lowest BCUT2D eigenvalue weighted by Crippen LogP contribution is -2.34. The summed E-state index contributed by atoms with van der Waals surface area (Å²) in [5.41, 5.74) is 0.878. The number of anilines is 2. The molecule has 0 radical (unpaired) electrons. The van der Waals surface area contributed by atoms with Gasteiger partial charge in [0.25, 0.3) is 21.8 Å². The van der Waals surface area contributed by atoms with E-state index in [1.165, 1.54) is 43.8 Å². The minimum absolute atomic E-state index is 0.0103. The first-order chi connectivity index (χ1) is 16.7. The van der Waals surface area contributed by atoms with Gasteiger partial charge >= 0.3 is 0 Å². The second kappa shape index (κ2) is 11.6. The van der Waals surface area contributed by atoms with Gasteiger partial charge in [0.2, 0.25) is 5.82 Å². The summed E-state index contributed by atoms with van der Waals surface area (Å²) in [4.78, 5) is 20.4. The van der Waals surface area contributed by atoms with Crippen LogP contribution in [0.2, 0.25) is 0 Å². The first kappa shape index (κ1) is 25.8. The number of nitrogens with one attached hydrogen (secondary N) is 3. The third-order valence-electron chi connectivity index (χ3n) is 4.42. The summed E-state index contributed by atoms with van der Waals surface area (Å²) in [5.74, 6) is 0.567. The van der Waals surface area contributed by atoms with Gasteiger partial charge in [-0.2, -0.15) is 0 Å². The van der Waals surface area contributed by atoms with Crippen LogP contribution < -0.4 is 24.8 Å². The molecule has 0 aliphatic heterocycles. The van der Waals surface area contributed by atoms with E-state index in [4.69, 9.17) is 21.7 Å². The molecule has 2 aromatic carbocycles. The van der Waals surface area contributed by atoms with Gasteiger partial charge in [0, 0.05) is 23.6 Å². The third kappa shape index (κ3) is 7.36. The van der Waals surface area contributed by atoms with Gasteiger partial charge in [0.15, 0.2) is 5.11 Å².